The van der Waals surface area contributed by atoms with Gasteiger partial charge in [-0.25, -0.2) is 0 Å². The molecular formula is C28H40N2O3. The van der Waals surface area contributed by atoms with E-state index in [1.54, 1.807) is 0 Å². The molecular weight excluding hydrogens is 412 g/mol. The van der Waals surface area contributed by atoms with Gasteiger partial charge in [-0.2, -0.15) is 0 Å². The second-order valence-electron chi connectivity index (χ2n) is 12.0. The fourth-order valence-corrected chi connectivity index (χ4v) is 8.38. The highest BCUT2D eigenvalue weighted by molar-refractivity contribution is 5.91. The number of piperidine rings is 1. The monoisotopic (exact) mass is 452 g/mol. The predicted molar refractivity (Wildman–Crippen MR) is 130 cm³/mol. The Labute approximate surface area is 198 Å². The van der Waals surface area contributed by atoms with E-state index in [0.29, 0.717) is 36.1 Å². The van der Waals surface area contributed by atoms with Crippen molar-refractivity contribution in [1.29, 1.82) is 0 Å². The first kappa shape index (κ1) is 22.9. The second-order valence-corrected chi connectivity index (χ2v) is 12.0. The minimum atomic E-state index is -0.0715. The molecule has 5 heteroatoms. The summed E-state index contributed by atoms with van der Waals surface area (Å²) in [5, 5.41) is 6.31. The summed E-state index contributed by atoms with van der Waals surface area (Å²) in [7, 11) is 0. The molecule has 0 bridgehead atoms. The number of anilines is 1. The van der Waals surface area contributed by atoms with E-state index in [4.69, 9.17) is 4.74 Å². The van der Waals surface area contributed by atoms with Crippen molar-refractivity contribution in [3.05, 3.63) is 29.8 Å². The molecule has 2 N–H and O–H groups in total. The van der Waals surface area contributed by atoms with Crippen molar-refractivity contribution in [2.24, 2.45) is 34.5 Å². The van der Waals surface area contributed by atoms with Crippen LogP contribution in [0, 0.1) is 41.4 Å². The highest BCUT2D eigenvalue weighted by atomic mass is 16.5. The number of hydrogen-bond donors (Lipinski definition) is 2. The van der Waals surface area contributed by atoms with Crippen LogP contribution in [0.5, 0.6) is 0 Å². The van der Waals surface area contributed by atoms with Crippen molar-refractivity contribution in [2.45, 2.75) is 84.8 Å². The zero-order valence-corrected chi connectivity index (χ0v) is 20.7. The van der Waals surface area contributed by atoms with E-state index in [9.17, 15) is 9.59 Å². The van der Waals surface area contributed by atoms with Crippen molar-refractivity contribution in [3.63, 3.8) is 0 Å². The quantitative estimate of drug-likeness (QED) is 0.669. The number of rotatable bonds is 4. The number of carbonyl (C=O) groups is 2. The van der Waals surface area contributed by atoms with Gasteiger partial charge in [0, 0.05) is 18.2 Å². The zero-order chi connectivity index (χ0) is 23.4. The molecule has 4 fully saturated rings. The van der Waals surface area contributed by atoms with Crippen molar-refractivity contribution < 1.29 is 14.3 Å². The van der Waals surface area contributed by atoms with Crippen LogP contribution in [0.2, 0.25) is 0 Å². The van der Waals surface area contributed by atoms with Crippen LogP contribution in [0.1, 0.15) is 71.3 Å². The molecule has 8 atom stereocenters. The summed E-state index contributed by atoms with van der Waals surface area (Å²) in [6.45, 7) is 9.34. The first-order valence-electron chi connectivity index (χ1n) is 13.0. The molecule has 4 aliphatic rings. The van der Waals surface area contributed by atoms with Crippen LogP contribution in [0.15, 0.2) is 24.3 Å². The molecule has 0 radical (unpaired) electrons. The van der Waals surface area contributed by atoms with Crippen molar-refractivity contribution in [1.82, 2.24) is 5.32 Å². The molecule has 1 saturated heterocycles. The Morgan fingerprint density at radius 2 is 1.85 bits per heavy atom. The normalized spacial score (nSPS) is 42.0. The van der Waals surface area contributed by atoms with Crippen LogP contribution >= 0.6 is 0 Å². The Morgan fingerprint density at radius 1 is 1.09 bits per heavy atom. The number of fused-ring (bicyclic) bond motifs is 5. The average molecular weight is 453 g/mol. The van der Waals surface area contributed by atoms with Crippen molar-refractivity contribution in [3.8, 4) is 0 Å². The highest BCUT2D eigenvalue weighted by Crippen LogP contribution is 2.65. The molecule has 5 rings (SSSR count). The number of ether oxygens (including phenoxy) is 1. The summed E-state index contributed by atoms with van der Waals surface area (Å²) in [5.41, 5.74) is 2.36. The maximum absolute atomic E-state index is 12.6. The third kappa shape index (κ3) is 3.90. The molecule has 1 aromatic carbocycles. The SMILES string of the molecule is Cc1ccc(NC(=O)CO[C@H]2C(C)C[C@H]3[C@@H]4CC[C@H]5NC(=O)CC[C@]5(C)[C@H]4CC[C@]23C)cc1. The number of carbonyl (C=O) groups excluding carboxylic acids is 2. The Bertz CT molecular complexity index is 914. The number of benzene rings is 1. The lowest BCUT2D eigenvalue weighted by molar-refractivity contribution is -0.145. The van der Waals surface area contributed by atoms with Gasteiger partial charge in [-0.05, 0) is 92.1 Å². The molecule has 1 unspecified atom stereocenters. The molecule has 33 heavy (non-hydrogen) atoms. The smallest absolute Gasteiger partial charge is 0.250 e. The Morgan fingerprint density at radius 3 is 2.61 bits per heavy atom. The summed E-state index contributed by atoms with van der Waals surface area (Å²) in [6.07, 6.45) is 7.71. The van der Waals surface area contributed by atoms with Gasteiger partial charge in [0.05, 0.1) is 6.10 Å². The van der Waals surface area contributed by atoms with Gasteiger partial charge in [0.15, 0.2) is 0 Å². The topological polar surface area (TPSA) is 67.4 Å². The van der Waals surface area contributed by atoms with E-state index in [1.807, 2.05) is 31.2 Å². The molecule has 0 spiro atoms. The van der Waals surface area contributed by atoms with Crippen molar-refractivity contribution >= 4 is 17.5 Å². The van der Waals surface area contributed by atoms with Gasteiger partial charge in [-0.1, -0.05) is 38.5 Å². The molecule has 1 aliphatic heterocycles. The minimum absolute atomic E-state index is 0.0715. The second kappa shape index (κ2) is 8.41. The zero-order valence-electron chi connectivity index (χ0n) is 20.7. The van der Waals surface area contributed by atoms with Crippen molar-refractivity contribution in [2.75, 3.05) is 11.9 Å². The molecule has 5 nitrogen and oxygen atoms in total. The largest absolute Gasteiger partial charge is 0.368 e. The minimum Gasteiger partial charge on any atom is -0.368 e. The van der Waals surface area contributed by atoms with E-state index < -0.39 is 0 Å². The predicted octanol–water partition coefficient (Wildman–Crippen LogP) is 5.09. The van der Waals surface area contributed by atoms with Gasteiger partial charge in [0.2, 0.25) is 11.8 Å². The fraction of sp³-hybridized carbons (Fsp3) is 0.714. The first-order chi connectivity index (χ1) is 15.7. The molecule has 0 aromatic heterocycles. The Hall–Kier alpha value is -1.88. The van der Waals surface area contributed by atoms with Crippen LogP contribution in [0.4, 0.5) is 5.69 Å². The Kier molecular flexibility index (Phi) is 5.83. The summed E-state index contributed by atoms with van der Waals surface area (Å²) in [5.74, 6) is 2.67. The molecule has 2 amide bonds. The molecule has 3 aliphatic carbocycles. The van der Waals surface area contributed by atoms with Gasteiger partial charge in [-0.15, -0.1) is 0 Å². The van der Waals surface area contributed by atoms with Crippen LogP contribution in [0.25, 0.3) is 0 Å². The van der Waals surface area contributed by atoms with Gasteiger partial charge >= 0.3 is 0 Å². The third-order valence-electron chi connectivity index (χ3n) is 10.1. The van der Waals surface area contributed by atoms with Gasteiger partial charge in [0.1, 0.15) is 6.61 Å². The molecule has 3 saturated carbocycles. The van der Waals surface area contributed by atoms with Gasteiger partial charge in [-0.3, -0.25) is 9.59 Å². The average Bonchev–Trinajstić information content (AvgIpc) is 3.04. The molecule has 1 heterocycles. The highest BCUT2D eigenvalue weighted by Gasteiger charge is 2.62. The molecule has 1 aromatic rings. The standard InChI is InChI=1S/C28H40N2O3/c1-17-5-7-19(8-6-17)29-25(32)16-33-26-18(2)15-22-20-9-10-23-27(3,14-12-24(31)30-23)21(20)11-13-28(22,26)4/h5-8,18,20-23,26H,9-16H2,1-4H3,(H,29,32)(H,30,31)/t18?,20-,21+,22+,23-,26+,27-,28+/m1/s1. The van der Waals surface area contributed by atoms with Crippen LogP contribution in [0.3, 0.4) is 0 Å². The Balaban J connectivity index is 1.26. The lowest BCUT2D eigenvalue weighted by atomic mass is 9.47. The maximum Gasteiger partial charge on any atom is 0.250 e. The number of nitrogens with one attached hydrogen (secondary N) is 2. The lowest BCUT2D eigenvalue weighted by Crippen LogP contribution is -2.61. The summed E-state index contributed by atoms with van der Waals surface area (Å²) in [6, 6.07) is 8.24. The van der Waals surface area contributed by atoms with E-state index in [2.05, 4.69) is 31.4 Å². The van der Waals surface area contributed by atoms with E-state index in [1.165, 1.54) is 24.8 Å². The van der Waals surface area contributed by atoms with E-state index >= 15 is 0 Å². The number of amides is 2. The third-order valence-corrected chi connectivity index (χ3v) is 10.1. The summed E-state index contributed by atoms with van der Waals surface area (Å²) in [4.78, 5) is 24.6. The molecule has 180 valence electrons. The lowest BCUT2D eigenvalue weighted by Gasteiger charge is -2.60. The summed E-state index contributed by atoms with van der Waals surface area (Å²) >= 11 is 0. The summed E-state index contributed by atoms with van der Waals surface area (Å²) < 4.78 is 6.40. The van der Waals surface area contributed by atoms with Gasteiger partial charge in [0.25, 0.3) is 0 Å². The number of hydrogen-bond acceptors (Lipinski definition) is 3. The maximum atomic E-state index is 12.6. The van der Waals surface area contributed by atoms with Crippen LogP contribution in [-0.2, 0) is 14.3 Å². The van der Waals surface area contributed by atoms with E-state index in [-0.39, 0.29) is 35.4 Å². The fourth-order valence-electron chi connectivity index (χ4n) is 8.38. The number of aryl methyl sites for hydroxylation is 1. The first-order valence-corrected chi connectivity index (χ1v) is 13.0. The van der Waals surface area contributed by atoms with Crippen LogP contribution in [-0.4, -0.2) is 30.6 Å². The van der Waals surface area contributed by atoms with Gasteiger partial charge < -0.3 is 15.4 Å². The van der Waals surface area contributed by atoms with E-state index in [0.717, 1.165) is 24.9 Å². The van der Waals surface area contributed by atoms with Crippen LogP contribution < -0.4 is 10.6 Å².